The normalized spacial score (nSPS) is 20.8. The van der Waals surface area contributed by atoms with E-state index in [2.05, 4.69) is 93.7 Å². The number of hydrogen-bond donors (Lipinski definition) is 2. The number of ether oxygens (including phenoxy) is 8. The number of hydrogen-bond acceptors (Lipinski definition) is 16. The Bertz CT molecular complexity index is 4510. The summed E-state index contributed by atoms with van der Waals surface area (Å²) in [6.07, 6.45) is 4.97. The maximum absolute atomic E-state index is 16.5. The van der Waals surface area contributed by atoms with Crippen molar-refractivity contribution < 1.29 is 66.7 Å². The number of amides is 4. The van der Waals surface area contributed by atoms with Gasteiger partial charge in [-0.2, -0.15) is 0 Å². The van der Waals surface area contributed by atoms with E-state index in [4.69, 9.17) is 37.9 Å². The van der Waals surface area contributed by atoms with Crippen LogP contribution in [0.3, 0.4) is 0 Å². The maximum atomic E-state index is 16.5. The van der Waals surface area contributed by atoms with Gasteiger partial charge in [0, 0.05) is 68.3 Å². The van der Waals surface area contributed by atoms with Crippen LogP contribution in [-0.2, 0) is 50.2 Å². The lowest BCUT2D eigenvalue weighted by molar-refractivity contribution is -0.158. The second kappa shape index (κ2) is 29.0. The van der Waals surface area contributed by atoms with Crippen LogP contribution in [0, 0.1) is 11.8 Å². The Morgan fingerprint density at radius 3 is 0.818 bits per heavy atom. The number of carbonyl (C=O) groups excluding carboxylic acids is 6. The molecule has 0 bridgehead atoms. The Morgan fingerprint density at radius 2 is 0.609 bits per heavy atom. The number of imide groups is 2. The first-order chi connectivity index (χ1) is 52.2. The maximum Gasteiger partial charge on any atom is 0.329 e. The van der Waals surface area contributed by atoms with Crippen LogP contribution >= 0.6 is 0 Å². The van der Waals surface area contributed by atoms with Gasteiger partial charge in [-0.3, -0.25) is 29.0 Å². The fourth-order valence-corrected chi connectivity index (χ4v) is 16.5. The van der Waals surface area contributed by atoms with E-state index in [1.807, 2.05) is 97.1 Å². The highest BCUT2D eigenvalue weighted by Gasteiger charge is 2.49. The van der Waals surface area contributed by atoms with Crippen molar-refractivity contribution in [2.24, 2.45) is 11.8 Å². The van der Waals surface area contributed by atoms with E-state index in [-0.39, 0.29) is 102 Å². The molecule has 9 aromatic carbocycles. The number of nitrogens with zero attached hydrogens (tertiary/aromatic N) is 2. The van der Waals surface area contributed by atoms with Crippen molar-refractivity contribution >= 4 is 78.7 Å². The summed E-state index contributed by atoms with van der Waals surface area (Å²) >= 11 is 0. The summed E-state index contributed by atoms with van der Waals surface area (Å²) in [7, 11) is 0. The molecule has 4 aliphatic heterocycles. The van der Waals surface area contributed by atoms with Gasteiger partial charge >= 0.3 is 11.9 Å². The van der Waals surface area contributed by atoms with E-state index in [9.17, 15) is 0 Å². The molecule has 4 amide bonds. The zero-order chi connectivity index (χ0) is 77.9. The smallest absolute Gasteiger partial charge is 0.329 e. The van der Waals surface area contributed by atoms with Gasteiger partial charge in [0.25, 0.3) is 23.6 Å². The lowest BCUT2D eigenvalue weighted by Gasteiger charge is -2.37. The standard InChI is InChI=1S/C92H104N4O14/c1-49(2)81(87(101)109-61-37-25-55(26-38-61)93-45-63-47-103-63)95-83(97)65-41-69(105-57-29-17-51(18-30-57)89(5,6)7)75-77-71(107-59-33-21-53(22-34-59)91(11,12)13)43-67-74-68(86(100)96(85(67)99)82(50(3)4)88(102)110-62-39-27-56(28-40-62)94-46-64-48-104-64)44-72(108-60-35-23-54(24-36-60)92(14,15)16)78(80(74)77)76-70(42-66(84(95)98)73(65)79(75)76)106-58-31-19-52(20-32-58)90(8,9)10/h17-24,29-36,41-44,49-50,55-56,61-64,81-82,93-94H,25-28,37-40,45-48H2,1-16H3. The highest BCUT2D eigenvalue weighted by Crippen LogP contribution is 2.59. The van der Waals surface area contributed by atoms with Crippen molar-refractivity contribution in [3.05, 3.63) is 166 Å². The minimum Gasteiger partial charge on any atom is -0.461 e. The van der Waals surface area contributed by atoms with Crippen LogP contribution in [0.25, 0.3) is 43.1 Å². The minimum atomic E-state index is -1.38. The summed E-state index contributed by atoms with van der Waals surface area (Å²) in [6.45, 7) is 35.7. The van der Waals surface area contributed by atoms with Gasteiger partial charge in [-0.25, -0.2) is 9.59 Å². The molecule has 2 saturated carbocycles. The van der Waals surface area contributed by atoms with Crippen LogP contribution in [0.4, 0.5) is 0 Å². The molecule has 576 valence electrons. The number of fused-ring (bicyclic) bond motifs is 2. The van der Waals surface area contributed by atoms with Crippen LogP contribution in [0.1, 0.15) is 226 Å². The van der Waals surface area contributed by atoms with Gasteiger partial charge < -0.3 is 48.5 Å². The largest absolute Gasteiger partial charge is 0.461 e. The van der Waals surface area contributed by atoms with E-state index in [0.29, 0.717) is 81.0 Å². The first-order valence-corrected chi connectivity index (χ1v) is 39.5. The Labute approximate surface area is 644 Å². The van der Waals surface area contributed by atoms with Crippen molar-refractivity contribution in [3.63, 3.8) is 0 Å². The van der Waals surface area contributed by atoms with E-state index < -0.39 is 71.7 Å². The average molecular weight is 1490 g/mol. The molecule has 2 N–H and O–H groups in total. The molecule has 2 aliphatic carbocycles. The lowest BCUT2D eigenvalue weighted by Crippen LogP contribution is -2.54. The average Bonchev–Trinajstić information content (AvgIpc) is 0.908. The van der Waals surface area contributed by atoms with Crippen LogP contribution in [0.2, 0.25) is 0 Å². The molecule has 15 rings (SSSR count). The van der Waals surface area contributed by atoms with Crippen LogP contribution < -0.4 is 29.6 Å². The predicted octanol–water partition coefficient (Wildman–Crippen LogP) is 19.0. The quantitative estimate of drug-likeness (QED) is 0.0212. The summed E-state index contributed by atoms with van der Waals surface area (Å²) in [5.74, 6) is -3.64. The van der Waals surface area contributed by atoms with Crippen LogP contribution in [0.5, 0.6) is 46.0 Å². The highest BCUT2D eigenvalue weighted by molar-refractivity contribution is 6.45. The van der Waals surface area contributed by atoms with Crippen molar-refractivity contribution in [2.75, 3.05) is 26.3 Å². The van der Waals surface area contributed by atoms with E-state index in [1.165, 1.54) is 0 Å². The Morgan fingerprint density at radius 1 is 0.373 bits per heavy atom. The monoisotopic (exact) mass is 1490 g/mol. The molecule has 4 atom stereocenters. The molecular formula is C92H104N4O14. The zero-order valence-corrected chi connectivity index (χ0v) is 66.4. The molecular weight excluding hydrogens is 1390 g/mol. The number of esters is 2. The number of benzene rings is 9. The molecule has 18 heteroatoms. The molecule has 18 nitrogen and oxygen atoms in total. The van der Waals surface area contributed by atoms with Crippen molar-refractivity contribution in [2.45, 2.75) is 232 Å². The molecule has 0 spiro atoms. The lowest BCUT2D eigenvalue weighted by atomic mass is 9.80. The van der Waals surface area contributed by atoms with Gasteiger partial charge in [0.05, 0.1) is 47.7 Å². The van der Waals surface area contributed by atoms with Gasteiger partial charge in [0.15, 0.2) is 0 Å². The first kappa shape index (κ1) is 75.9. The van der Waals surface area contributed by atoms with E-state index in [1.54, 1.807) is 52.0 Å². The van der Waals surface area contributed by atoms with Gasteiger partial charge in [0.2, 0.25) is 0 Å². The summed E-state index contributed by atoms with van der Waals surface area (Å²) in [6, 6.07) is 35.2. The second-order valence-electron chi connectivity index (χ2n) is 36.1. The molecule has 110 heavy (non-hydrogen) atoms. The molecule has 0 radical (unpaired) electrons. The fourth-order valence-electron chi connectivity index (χ4n) is 16.5. The summed E-state index contributed by atoms with van der Waals surface area (Å²) in [5.41, 5.74) is 3.29. The Balaban J connectivity index is 1.01. The number of nitrogens with one attached hydrogen (secondary N) is 2. The summed E-state index contributed by atoms with van der Waals surface area (Å²) < 4.78 is 53.4. The molecule has 0 aromatic heterocycles. The Hall–Kier alpha value is -9.46. The van der Waals surface area contributed by atoms with Crippen molar-refractivity contribution in [1.29, 1.82) is 0 Å². The highest BCUT2D eigenvalue weighted by atomic mass is 16.6. The molecule has 4 heterocycles. The SMILES string of the molecule is CC(C)C(C(=O)OC1CCC(NCC2CO2)CC1)N1C(=O)c2cc(Oc3ccc(C(C)(C)C)cc3)c3c4c(Oc5ccc(C(C)(C)C)cc5)cc5c6c(cc(Oc7ccc(C(C)(C)C)cc7)c(c7c(Oc8ccc(C(C)(C)C)cc8)cc(c2c37)C1=O)c64)C(=O)N(C(C(=O)OC1CCC(NCC2CO2)CC1)C(C)C)C5=O. The first-order valence-electron chi connectivity index (χ1n) is 39.5. The third kappa shape index (κ3) is 14.9. The fraction of sp³-hybridized carbons (Fsp3) is 0.457. The van der Waals surface area contributed by atoms with Crippen LogP contribution in [-0.4, -0.2) is 120 Å². The van der Waals surface area contributed by atoms with Crippen LogP contribution in [0.15, 0.2) is 121 Å². The van der Waals surface area contributed by atoms with Gasteiger partial charge in [-0.15, -0.1) is 0 Å². The number of carbonyl (C=O) groups is 6. The number of rotatable bonds is 22. The Kier molecular flexibility index (Phi) is 20.0. The predicted molar refractivity (Wildman–Crippen MR) is 427 cm³/mol. The van der Waals surface area contributed by atoms with E-state index in [0.717, 1.165) is 84.0 Å². The third-order valence-corrected chi connectivity index (χ3v) is 23.0. The van der Waals surface area contributed by atoms with Crippen molar-refractivity contribution in [1.82, 2.24) is 20.4 Å². The molecule has 4 fully saturated rings. The van der Waals surface area contributed by atoms with E-state index >= 15 is 28.8 Å². The molecule has 4 unspecified atom stereocenters. The molecule has 9 aromatic rings. The summed E-state index contributed by atoms with van der Waals surface area (Å²) in [4.78, 5) is 98.8. The third-order valence-electron chi connectivity index (χ3n) is 23.0. The van der Waals surface area contributed by atoms with Gasteiger partial charge in [-0.05, 0) is 180 Å². The second-order valence-corrected chi connectivity index (χ2v) is 36.1. The minimum absolute atomic E-state index is 0.0437. The molecule has 2 saturated heterocycles. The zero-order valence-electron chi connectivity index (χ0n) is 66.4. The van der Waals surface area contributed by atoms with Gasteiger partial charge in [0.1, 0.15) is 70.3 Å². The van der Waals surface area contributed by atoms with Gasteiger partial charge in [-0.1, -0.05) is 159 Å². The topological polar surface area (TPSA) is 213 Å². The van der Waals surface area contributed by atoms with Crippen molar-refractivity contribution in [3.8, 4) is 46.0 Å². The number of epoxide rings is 2. The molecule has 6 aliphatic rings. The summed E-state index contributed by atoms with van der Waals surface area (Å²) in [5, 5.41) is 9.59.